The highest BCUT2D eigenvalue weighted by Crippen LogP contribution is 2.47. The number of phenolic OH excluding ortho intramolecular Hbond substituents is 1. The summed E-state index contributed by atoms with van der Waals surface area (Å²) in [7, 11) is 1.14. The Morgan fingerprint density at radius 3 is 2.63 bits per heavy atom. The summed E-state index contributed by atoms with van der Waals surface area (Å²) in [5.74, 6) is -3.37. The maximum Gasteiger partial charge on any atom is 0.340 e. The van der Waals surface area contributed by atoms with Gasteiger partial charge in [-0.15, -0.1) is 0 Å². The molecule has 0 amide bonds. The van der Waals surface area contributed by atoms with Crippen molar-refractivity contribution < 1.29 is 29.3 Å². The number of aromatic amines is 1. The van der Waals surface area contributed by atoms with Gasteiger partial charge in [0, 0.05) is 34.2 Å². The average Bonchev–Trinajstić information content (AvgIpc) is 3.23. The van der Waals surface area contributed by atoms with Crippen LogP contribution in [0.4, 0.5) is 0 Å². The van der Waals surface area contributed by atoms with Gasteiger partial charge in [-0.1, -0.05) is 41.4 Å². The number of Topliss-reactive ketones (excluding diaryl/α,β-unsaturated/α-hetero) is 1. The van der Waals surface area contributed by atoms with Crippen molar-refractivity contribution in [1.29, 1.82) is 0 Å². The lowest BCUT2D eigenvalue weighted by molar-refractivity contribution is -0.153. The van der Waals surface area contributed by atoms with E-state index in [1.165, 1.54) is 29.3 Å². The molecule has 0 radical (unpaired) electrons. The zero-order valence-corrected chi connectivity index (χ0v) is 19.8. The summed E-state index contributed by atoms with van der Waals surface area (Å²) in [4.78, 5) is 44.0. The van der Waals surface area contributed by atoms with E-state index in [9.17, 15) is 24.6 Å². The Kier molecular flexibility index (Phi) is 5.38. The van der Waals surface area contributed by atoms with Crippen LogP contribution in [0.1, 0.15) is 21.6 Å². The van der Waals surface area contributed by atoms with Crippen LogP contribution in [0, 0.1) is 0 Å². The van der Waals surface area contributed by atoms with E-state index in [1.54, 1.807) is 0 Å². The van der Waals surface area contributed by atoms with Crippen LogP contribution in [0.5, 0.6) is 5.75 Å². The number of ether oxygens (including phenoxy) is 1. The van der Waals surface area contributed by atoms with Crippen LogP contribution in [0.15, 0.2) is 59.8 Å². The number of rotatable bonds is 4. The number of carboxylic acids is 1. The van der Waals surface area contributed by atoms with Crippen molar-refractivity contribution >= 4 is 51.8 Å². The Hall–Kier alpha value is -3.75. The minimum absolute atomic E-state index is 0.0320. The van der Waals surface area contributed by atoms with E-state index in [0.717, 1.165) is 23.6 Å². The number of carbonyl (C=O) groups is 3. The number of aliphatic carboxylic acids is 1. The summed E-state index contributed by atoms with van der Waals surface area (Å²) in [5, 5.41) is 21.8. The Balaban J connectivity index is 1.75. The number of halogens is 2. The topological polar surface area (TPSA) is 120 Å². The second-order valence-corrected chi connectivity index (χ2v) is 9.07. The van der Waals surface area contributed by atoms with Gasteiger partial charge in [0.2, 0.25) is 5.54 Å². The second kappa shape index (κ2) is 8.18. The van der Waals surface area contributed by atoms with Crippen molar-refractivity contribution in [1.82, 2.24) is 9.88 Å². The number of carboxylic acid groups (broad SMARTS) is 1. The number of allylic oxidation sites excluding steroid dienone is 2. The van der Waals surface area contributed by atoms with Crippen LogP contribution in [0.25, 0.3) is 10.9 Å². The lowest BCUT2D eigenvalue weighted by Gasteiger charge is -2.46. The minimum Gasteiger partial charge on any atom is -0.506 e. The summed E-state index contributed by atoms with van der Waals surface area (Å²) in [5.41, 5.74) is -0.581. The molecule has 2 aliphatic rings. The van der Waals surface area contributed by atoms with Crippen LogP contribution in [-0.4, -0.2) is 51.5 Å². The van der Waals surface area contributed by atoms with Crippen LogP contribution in [0.2, 0.25) is 10.0 Å². The molecule has 3 heterocycles. The molecule has 10 heteroatoms. The highest BCUT2D eigenvalue weighted by atomic mass is 35.5. The number of aromatic nitrogens is 1. The van der Waals surface area contributed by atoms with E-state index in [2.05, 4.69) is 4.98 Å². The zero-order valence-electron chi connectivity index (χ0n) is 18.3. The molecule has 35 heavy (non-hydrogen) atoms. The predicted molar refractivity (Wildman–Crippen MR) is 129 cm³/mol. The fourth-order valence-corrected chi connectivity index (χ4v) is 5.40. The first-order valence-electron chi connectivity index (χ1n) is 10.5. The summed E-state index contributed by atoms with van der Waals surface area (Å²) in [6, 6.07) is 9.94. The van der Waals surface area contributed by atoms with Crippen molar-refractivity contribution in [2.45, 2.75) is 12.0 Å². The van der Waals surface area contributed by atoms with Crippen LogP contribution in [0.3, 0.4) is 0 Å². The van der Waals surface area contributed by atoms with Gasteiger partial charge in [0.15, 0.2) is 5.78 Å². The van der Waals surface area contributed by atoms with Gasteiger partial charge < -0.3 is 24.8 Å². The van der Waals surface area contributed by atoms with Crippen molar-refractivity contribution in [3.8, 4) is 5.75 Å². The van der Waals surface area contributed by atoms with Gasteiger partial charge in [-0.3, -0.25) is 4.79 Å². The SMILES string of the molecule is COC(=O)C1=CC(C(=O)c2cc(Cl)cc(Cl)c2O)=CN2CCc3c([nH]c4ccccc34)C12C(=O)O. The van der Waals surface area contributed by atoms with E-state index in [4.69, 9.17) is 27.9 Å². The van der Waals surface area contributed by atoms with Crippen molar-refractivity contribution in [3.05, 3.63) is 86.7 Å². The molecular weight excluding hydrogens is 495 g/mol. The molecule has 0 saturated carbocycles. The first kappa shape index (κ1) is 23.0. The number of nitrogens with one attached hydrogen (secondary N) is 1. The fraction of sp³-hybridized carbons (Fsp3) is 0.160. The number of benzene rings is 2. The third-order valence-electron chi connectivity index (χ3n) is 6.44. The molecule has 2 aliphatic heterocycles. The van der Waals surface area contributed by atoms with Gasteiger partial charge in [-0.05, 0) is 36.3 Å². The number of esters is 1. The Morgan fingerprint density at radius 1 is 1.17 bits per heavy atom. The molecule has 178 valence electrons. The lowest BCUT2D eigenvalue weighted by atomic mass is 9.75. The molecule has 3 N–H and O–H groups in total. The van der Waals surface area contributed by atoms with Gasteiger partial charge in [-0.25, -0.2) is 9.59 Å². The van der Waals surface area contributed by atoms with Crippen LogP contribution < -0.4 is 0 Å². The van der Waals surface area contributed by atoms with Crippen molar-refractivity contribution in [3.63, 3.8) is 0 Å². The number of H-pyrrole nitrogens is 1. The predicted octanol–water partition coefficient (Wildman–Crippen LogP) is 4.20. The number of hydrogen-bond donors (Lipinski definition) is 3. The molecule has 0 aliphatic carbocycles. The Bertz CT molecular complexity index is 1510. The molecular formula is C25H18Cl2N2O6. The minimum atomic E-state index is -1.95. The van der Waals surface area contributed by atoms with Gasteiger partial charge in [-0.2, -0.15) is 0 Å². The lowest BCUT2D eigenvalue weighted by Crippen LogP contribution is -2.57. The first-order valence-corrected chi connectivity index (χ1v) is 11.3. The van der Waals surface area contributed by atoms with E-state index < -0.39 is 29.0 Å². The summed E-state index contributed by atoms with van der Waals surface area (Å²) in [6.07, 6.45) is 3.04. The average molecular weight is 513 g/mol. The number of carbonyl (C=O) groups excluding carboxylic acids is 2. The third-order valence-corrected chi connectivity index (χ3v) is 6.95. The van der Waals surface area contributed by atoms with E-state index in [-0.39, 0.29) is 33.3 Å². The molecule has 3 aromatic rings. The van der Waals surface area contributed by atoms with Gasteiger partial charge in [0.25, 0.3) is 0 Å². The van der Waals surface area contributed by atoms with Crippen molar-refractivity contribution in [2.75, 3.05) is 13.7 Å². The van der Waals surface area contributed by atoms with Gasteiger partial charge >= 0.3 is 11.9 Å². The monoisotopic (exact) mass is 512 g/mol. The van der Waals surface area contributed by atoms with Crippen LogP contribution >= 0.6 is 23.2 Å². The third kappa shape index (κ3) is 3.25. The zero-order chi connectivity index (χ0) is 25.1. The van der Waals surface area contributed by atoms with Crippen molar-refractivity contribution in [2.24, 2.45) is 0 Å². The fourth-order valence-electron chi connectivity index (χ4n) is 4.91. The molecule has 1 aromatic heterocycles. The summed E-state index contributed by atoms with van der Waals surface area (Å²) in [6.45, 7) is 0.203. The van der Waals surface area contributed by atoms with E-state index in [0.29, 0.717) is 12.1 Å². The molecule has 2 aromatic carbocycles. The number of fused-ring (bicyclic) bond motifs is 5. The standard InChI is InChI=1S/C25H18Cl2N2O6/c1-35-23(32)17-8-12(20(30)16-9-13(26)10-18(27)21(16)31)11-29-7-6-15-14-4-2-3-5-19(14)28-22(15)25(17,29)24(33)34/h2-5,8-11,28,31H,6-7H2,1H3,(H,33,34). The number of aromatic hydroxyl groups is 1. The molecule has 1 atom stereocenters. The highest BCUT2D eigenvalue weighted by Gasteiger charge is 2.57. The Labute approximate surface area is 209 Å². The first-order chi connectivity index (χ1) is 16.7. The molecule has 0 bridgehead atoms. The number of ketones is 1. The van der Waals surface area contributed by atoms with E-state index >= 15 is 0 Å². The maximum atomic E-state index is 13.4. The second-order valence-electron chi connectivity index (χ2n) is 8.23. The maximum absolute atomic E-state index is 13.4. The van der Waals surface area contributed by atoms with Gasteiger partial charge in [0.1, 0.15) is 5.75 Å². The van der Waals surface area contributed by atoms with Gasteiger partial charge in [0.05, 0.1) is 29.0 Å². The molecule has 5 rings (SSSR count). The number of hydrogen-bond acceptors (Lipinski definition) is 6. The number of nitrogens with zero attached hydrogens (tertiary/aromatic N) is 1. The molecule has 0 spiro atoms. The number of phenols is 1. The smallest absolute Gasteiger partial charge is 0.340 e. The largest absolute Gasteiger partial charge is 0.506 e. The molecule has 8 nitrogen and oxygen atoms in total. The summed E-state index contributed by atoms with van der Waals surface area (Å²) < 4.78 is 4.96. The highest BCUT2D eigenvalue weighted by molar-refractivity contribution is 6.36. The summed E-state index contributed by atoms with van der Waals surface area (Å²) >= 11 is 12.0. The number of methoxy groups -OCH3 is 1. The quantitative estimate of drug-likeness (QED) is 0.353. The Morgan fingerprint density at radius 2 is 1.91 bits per heavy atom. The molecule has 1 unspecified atom stereocenters. The molecule has 0 fully saturated rings. The normalized spacial score (nSPS) is 18.9. The molecule has 0 saturated heterocycles. The van der Waals surface area contributed by atoms with E-state index in [1.807, 2.05) is 24.3 Å². The van der Waals surface area contributed by atoms with Crippen LogP contribution in [-0.2, 0) is 26.3 Å². The number of para-hydroxylation sites is 1.